The van der Waals surface area contributed by atoms with Crippen LogP contribution in [-0.4, -0.2) is 24.6 Å². The summed E-state index contributed by atoms with van der Waals surface area (Å²) >= 11 is 0. The van der Waals surface area contributed by atoms with Crippen LogP contribution in [0.15, 0.2) is 0 Å². The zero-order chi connectivity index (χ0) is 21.1. The summed E-state index contributed by atoms with van der Waals surface area (Å²) in [5.74, 6) is 0. The SMILES string of the molecule is CCCCCCCCP(CCCCCCCC)CCCCCCCC.CCP.I.I.N. The van der Waals surface area contributed by atoms with E-state index < -0.39 is 0 Å². The second-order valence-corrected chi connectivity index (χ2v) is 12.1. The molecule has 0 aromatic rings. The monoisotopic (exact) mass is 705 g/mol. The molecule has 1 atom stereocenters. The molecule has 0 aliphatic heterocycles. The van der Waals surface area contributed by atoms with E-state index in [9.17, 15) is 0 Å². The zero-order valence-electron chi connectivity index (χ0n) is 22.1. The van der Waals surface area contributed by atoms with Gasteiger partial charge in [-0.15, -0.1) is 65.1 Å². The van der Waals surface area contributed by atoms with Crippen molar-refractivity contribution >= 4 is 65.1 Å². The van der Waals surface area contributed by atoms with Gasteiger partial charge in [0.1, 0.15) is 0 Å². The van der Waals surface area contributed by atoms with E-state index in [1.54, 1.807) is 18.5 Å². The van der Waals surface area contributed by atoms with Crippen LogP contribution < -0.4 is 6.15 Å². The third-order valence-corrected chi connectivity index (χ3v) is 8.33. The maximum absolute atomic E-state index is 2.58. The first kappa shape index (κ1) is 43.4. The molecule has 5 heteroatoms. The Kier molecular flexibility index (Phi) is 59.4. The van der Waals surface area contributed by atoms with E-state index in [-0.39, 0.29) is 54.1 Å². The Morgan fingerprint density at radius 2 is 0.613 bits per heavy atom. The maximum Gasteiger partial charge on any atom is -0.0326 e. The van der Waals surface area contributed by atoms with Crippen molar-refractivity contribution in [2.75, 3.05) is 24.6 Å². The van der Waals surface area contributed by atoms with Gasteiger partial charge in [0, 0.05) is 0 Å². The van der Waals surface area contributed by atoms with Gasteiger partial charge in [0.25, 0.3) is 0 Å². The molecule has 0 saturated carbocycles. The molecule has 0 saturated heterocycles. The normalized spacial score (nSPS) is 9.87. The van der Waals surface area contributed by atoms with Crippen LogP contribution in [0.4, 0.5) is 0 Å². The predicted molar refractivity (Wildman–Crippen MR) is 178 cm³/mol. The van der Waals surface area contributed by atoms with Crippen molar-refractivity contribution in [1.29, 1.82) is 0 Å². The Labute approximate surface area is 237 Å². The molecular weight excluding hydrogens is 642 g/mol. The van der Waals surface area contributed by atoms with Gasteiger partial charge in [0.2, 0.25) is 0 Å². The molecule has 0 fully saturated rings. The molecule has 0 amide bonds. The van der Waals surface area contributed by atoms with E-state index in [0.717, 1.165) is 0 Å². The number of hydrogen-bond acceptors (Lipinski definition) is 1. The second kappa shape index (κ2) is 42.4. The van der Waals surface area contributed by atoms with Gasteiger partial charge in [-0.05, 0) is 43.9 Å². The van der Waals surface area contributed by atoms with E-state index in [1.165, 1.54) is 122 Å². The lowest BCUT2D eigenvalue weighted by molar-refractivity contribution is 0.617. The van der Waals surface area contributed by atoms with E-state index in [2.05, 4.69) is 36.9 Å². The molecule has 0 heterocycles. The Bertz CT molecular complexity index is 222. The molecule has 0 aliphatic rings. The number of hydrogen-bond donors (Lipinski definition) is 1. The summed E-state index contributed by atoms with van der Waals surface area (Å²) in [6, 6.07) is 0. The summed E-state index contributed by atoms with van der Waals surface area (Å²) in [4.78, 5) is 0. The van der Waals surface area contributed by atoms with Crippen molar-refractivity contribution in [2.24, 2.45) is 0 Å². The predicted octanol–water partition coefficient (Wildman–Crippen LogP) is 11.8. The van der Waals surface area contributed by atoms with Gasteiger partial charge >= 0.3 is 0 Å². The first-order valence-electron chi connectivity index (χ1n) is 13.2. The Hall–Kier alpha value is 2.28. The maximum atomic E-state index is 2.58. The fraction of sp³-hybridized carbons (Fsp3) is 1.00. The quantitative estimate of drug-likeness (QED) is 0.0720. The topological polar surface area (TPSA) is 35.0 Å². The summed E-state index contributed by atoms with van der Waals surface area (Å²) < 4.78 is 0. The van der Waals surface area contributed by atoms with Crippen LogP contribution in [0.2, 0.25) is 0 Å². The van der Waals surface area contributed by atoms with Crippen LogP contribution in [0.3, 0.4) is 0 Å². The minimum Gasteiger partial charge on any atom is -0.344 e. The lowest BCUT2D eigenvalue weighted by Crippen LogP contribution is -1.97. The molecule has 0 aromatic heterocycles. The highest BCUT2D eigenvalue weighted by Crippen LogP contribution is 2.39. The highest BCUT2D eigenvalue weighted by Gasteiger charge is 2.07. The first-order chi connectivity index (χ1) is 13.8. The standard InChI is InChI=1S/C24H51P.C2H7P.2HI.H3N/c1-4-7-10-13-16-19-22-25(23-20-17-14-11-8-5-2)24-21-18-15-12-9-6-3;1-2-3;;;/h4-24H2,1-3H3;2-3H2,1H3;2*1H;1H3. The Morgan fingerprint density at radius 1 is 0.419 bits per heavy atom. The lowest BCUT2D eigenvalue weighted by atomic mass is 10.1. The van der Waals surface area contributed by atoms with Gasteiger partial charge in [-0.3, -0.25) is 0 Å². The minimum atomic E-state index is 0. The van der Waals surface area contributed by atoms with Crippen molar-refractivity contribution in [1.82, 2.24) is 6.15 Å². The van der Waals surface area contributed by atoms with Crippen molar-refractivity contribution in [3.05, 3.63) is 0 Å². The molecule has 196 valence electrons. The summed E-state index contributed by atoms with van der Waals surface area (Å²) in [5, 5.41) is 0. The van der Waals surface area contributed by atoms with Gasteiger partial charge in [-0.2, -0.15) is 0 Å². The van der Waals surface area contributed by atoms with Crippen LogP contribution in [0.5, 0.6) is 0 Å². The largest absolute Gasteiger partial charge is 0.344 e. The van der Waals surface area contributed by atoms with Crippen LogP contribution in [0.25, 0.3) is 0 Å². The van der Waals surface area contributed by atoms with Crippen LogP contribution >= 0.6 is 65.1 Å². The molecule has 0 bridgehead atoms. The third kappa shape index (κ3) is 42.9. The third-order valence-electron chi connectivity index (χ3n) is 5.48. The number of halogens is 2. The van der Waals surface area contributed by atoms with Crippen LogP contribution in [0.1, 0.15) is 143 Å². The van der Waals surface area contributed by atoms with Crippen molar-refractivity contribution < 1.29 is 0 Å². The second-order valence-electron chi connectivity index (χ2n) is 8.55. The van der Waals surface area contributed by atoms with Gasteiger partial charge < -0.3 is 6.15 Å². The molecule has 0 rings (SSSR count). The fourth-order valence-corrected chi connectivity index (χ4v) is 6.37. The summed E-state index contributed by atoms with van der Waals surface area (Å²) in [6.45, 7) is 9.05. The zero-order valence-corrected chi connectivity index (χ0v) is 28.8. The summed E-state index contributed by atoms with van der Waals surface area (Å²) in [7, 11) is 2.94. The molecule has 0 spiro atoms. The van der Waals surface area contributed by atoms with E-state index in [0.29, 0.717) is 7.92 Å². The van der Waals surface area contributed by atoms with E-state index in [1.807, 2.05) is 0 Å². The van der Waals surface area contributed by atoms with Gasteiger partial charge in [-0.25, -0.2) is 0 Å². The number of rotatable bonds is 21. The Balaban J connectivity index is -0.000000353. The summed E-state index contributed by atoms with van der Waals surface area (Å²) in [6.07, 6.45) is 32.4. The molecule has 1 nitrogen and oxygen atoms in total. The molecular formula is C26H63I2NP2. The highest BCUT2D eigenvalue weighted by molar-refractivity contribution is 14.0. The molecule has 31 heavy (non-hydrogen) atoms. The number of unbranched alkanes of at least 4 members (excludes halogenated alkanes) is 15. The van der Waals surface area contributed by atoms with Crippen LogP contribution in [-0.2, 0) is 0 Å². The first-order valence-corrected chi connectivity index (χ1v) is 15.9. The molecule has 0 aromatic carbocycles. The Morgan fingerprint density at radius 3 is 0.839 bits per heavy atom. The molecule has 0 aliphatic carbocycles. The van der Waals surface area contributed by atoms with Crippen molar-refractivity contribution in [3.8, 4) is 0 Å². The molecule has 1 unspecified atom stereocenters. The molecule has 0 radical (unpaired) electrons. The lowest BCUT2D eigenvalue weighted by Gasteiger charge is -2.18. The van der Waals surface area contributed by atoms with Crippen molar-refractivity contribution in [2.45, 2.75) is 143 Å². The average molecular weight is 706 g/mol. The van der Waals surface area contributed by atoms with E-state index >= 15 is 0 Å². The average Bonchev–Trinajstić information content (AvgIpc) is 2.69. The smallest absolute Gasteiger partial charge is 0.0326 e. The van der Waals surface area contributed by atoms with Crippen molar-refractivity contribution in [3.63, 3.8) is 0 Å². The van der Waals surface area contributed by atoms with Crippen LogP contribution in [0, 0.1) is 0 Å². The van der Waals surface area contributed by atoms with Gasteiger partial charge in [-0.1, -0.05) is 124 Å². The fourth-order valence-electron chi connectivity index (χ4n) is 3.68. The summed E-state index contributed by atoms with van der Waals surface area (Å²) in [5.41, 5.74) is 0. The van der Waals surface area contributed by atoms with E-state index in [4.69, 9.17) is 0 Å². The van der Waals surface area contributed by atoms with Gasteiger partial charge in [0.15, 0.2) is 0 Å². The highest BCUT2D eigenvalue weighted by atomic mass is 127. The molecule has 3 N–H and O–H groups in total. The minimum absolute atomic E-state index is 0. The van der Waals surface area contributed by atoms with Gasteiger partial charge in [0.05, 0.1) is 0 Å².